The summed E-state index contributed by atoms with van der Waals surface area (Å²) in [5.41, 5.74) is 8.38. The summed E-state index contributed by atoms with van der Waals surface area (Å²) in [4.78, 5) is 12.8. The molecule has 1 aromatic carbocycles. The highest BCUT2D eigenvalue weighted by molar-refractivity contribution is 5.85. The Balaban J connectivity index is 0.00000380. The van der Waals surface area contributed by atoms with E-state index in [0.29, 0.717) is 37.0 Å². The molecule has 37 heavy (non-hydrogen) atoms. The molecule has 3 heterocycles. The van der Waals surface area contributed by atoms with Crippen molar-refractivity contribution in [2.24, 2.45) is 0 Å². The van der Waals surface area contributed by atoms with Gasteiger partial charge < -0.3 is 21.1 Å². The molecule has 9 nitrogen and oxygen atoms in total. The highest BCUT2D eigenvalue weighted by atomic mass is 35.5. The highest BCUT2D eigenvalue weighted by Crippen LogP contribution is 2.20. The first-order valence-electron chi connectivity index (χ1n) is 12.1. The molecule has 2 aromatic heterocycles. The summed E-state index contributed by atoms with van der Waals surface area (Å²) in [5.74, 6) is 0.240. The molecule has 1 aliphatic rings. The fraction of sp³-hybridized carbons (Fsp3) is 0.400. The number of nitrogens with zero attached hydrogens (tertiary/aromatic N) is 6. The van der Waals surface area contributed by atoms with E-state index >= 15 is 0 Å². The first kappa shape index (κ1) is 28.3. The number of aromatic nitrogens is 4. The Hall–Kier alpha value is -3.28. The SMILES string of the molecule is Cc1c(C=CCN2CCN(c3cc(F)cc(F)c3)CC2)cnn1-c1cc(NCCCCO)nc(N)n1.Cl. The summed E-state index contributed by atoms with van der Waals surface area (Å²) in [6, 6.07) is 5.44. The van der Waals surface area contributed by atoms with Crippen LogP contribution in [0.5, 0.6) is 0 Å². The van der Waals surface area contributed by atoms with Crippen molar-refractivity contribution in [3.05, 3.63) is 59.4 Å². The van der Waals surface area contributed by atoms with Gasteiger partial charge in [-0.15, -0.1) is 12.4 Å². The number of rotatable bonds is 10. The summed E-state index contributed by atoms with van der Waals surface area (Å²) in [7, 11) is 0. The number of anilines is 3. The second-order valence-corrected chi connectivity index (χ2v) is 8.74. The minimum atomic E-state index is -0.554. The molecule has 4 rings (SSSR count). The van der Waals surface area contributed by atoms with Gasteiger partial charge in [-0.05, 0) is 31.9 Å². The van der Waals surface area contributed by atoms with Crippen molar-refractivity contribution in [1.82, 2.24) is 24.6 Å². The predicted molar refractivity (Wildman–Crippen MR) is 144 cm³/mol. The topological polar surface area (TPSA) is 108 Å². The monoisotopic (exact) mass is 534 g/mol. The van der Waals surface area contributed by atoms with Gasteiger partial charge in [0.1, 0.15) is 17.5 Å². The van der Waals surface area contributed by atoms with E-state index in [4.69, 9.17) is 10.8 Å². The zero-order valence-electron chi connectivity index (χ0n) is 20.8. The Labute approximate surface area is 221 Å². The van der Waals surface area contributed by atoms with Gasteiger partial charge in [-0.25, -0.2) is 13.5 Å². The van der Waals surface area contributed by atoms with Gasteiger partial charge in [-0.1, -0.05) is 12.2 Å². The lowest BCUT2D eigenvalue weighted by atomic mass is 10.2. The van der Waals surface area contributed by atoms with Crippen molar-refractivity contribution < 1.29 is 13.9 Å². The summed E-state index contributed by atoms with van der Waals surface area (Å²) >= 11 is 0. The second-order valence-electron chi connectivity index (χ2n) is 8.74. The Morgan fingerprint density at radius 1 is 1.05 bits per heavy atom. The Morgan fingerprint density at radius 2 is 1.78 bits per heavy atom. The summed E-state index contributed by atoms with van der Waals surface area (Å²) in [6.07, 6.45) is 7.45. The third kappa shape index (κ3) is 7.61. The van der Waals surface area contributed by atoms with E-state index in [2.05, 4.69) is 31.4 Å². The van der Waals surface area contributed by atoms with E-state index in [1.165, 1.54) is 12.1 Å². The lowest BCUT2D eigenvalue weighted by Crippen LogP contribution is -2.46. The van der Waals surface area contributed by atoms with Gasteiger partial charge in [-0.3, -0.25) is 4.90 Å². The van der Waals surface area contributed by atoms with Crippen LogP contribution in [0.25, 0.3) is 11.9 Å². The standard InChI is InChI=1S/C25H32F2N8O.ClH/c1-18-19(17-30-35(18)24-16-23(31-25(28)32-24)29-6-2-3-12-36)5-4-7-33-8-10-34(11-9-33)22-14-20(26)13-21(27)15-22;/h4-5,13-17,36H,2-3,6-12H2,1H3,(H3,28,29,31,32);1H. The predicted octanol–water partition coefficient (Wildman–Crippen LogP) is 3.27. The lowest BCUT2D eigenvalue weighted by Gasteiger charge is -2.35. The van der Waals surface area contributed by atoms with Crippen LogP contribution in [0.15, 0.2) is 36.5 Å². The van der Waals surface area contributed by atoms with Crippen LogP contribution in [-0.2, 0) is 0 Å². The van der Waals surface area contributed by atoms with Crippen LogP contribution in [0.3, 0.4) is 0 Å². The molecule has 0 unspecified atom stereocenters. The number of aliphatic hydroxyl groups excluding tert-OH is 1. The number of piperazine rings is 1. The van der Waals surface area contributed by atoms with Crippen molar-refractivity contribution >= 4 is 35.9 Å². The molecule has 200 valence electrons. The number of nitrogen functional groups attached to an aromatic ring is 1. The van der Waals surface area contributed by atoms with Gasteiger partial charge >= 0.3 is 0 Å². The van der Waals surface area contributed by atoms with Gasteiger partial charge in [0.25, 0.3) is 0 Å². The number of unbranched alkanes of at least 4 members (excludes halogenated alkanes) is 1. The van der Waals surface area contributed by atoms with Crippen molar-refractivity contribution in [2.75, 3.05) is 61.8 Å². The number of benzene rings is 1. The first-order chi connectivity index (χ1) is 17.4. The Morgan fingerprint density at radius 3 is 2.49 bits per heavy atom. The van der Waals surface area contributed by atoms with Gasteiger partial charge in [0.15, 0.2) is 5.82 Å². The zero-order chi connectivity index (χ0) is 25.5. The largest absolute Gasteiger partial charge is 0.396 e. The molecule has 4 N–H and O–H groups in total. The molecule has 0 bridgehead atoms. The van der Waals surface area contributed by atoms with Crippen LogP contribution in [0, 0.1) is 18.6 Å². The number of aliphatic hydroxyl groups is 1. The fourth-order valence-corrected chi connectivity index (χ4v) is 4.16. The summed E-state index contributed by atoms with van der Waals surface area (Å²) in [6.45, 7) is 6.58. The maximum atomic E-state index is 13.5. The van der Waals surface area contributed by atoms with Crippen LogP contribution >= 0.6 is 12.4 Å². The molecule has 0 saturated carbocycles. The van der Waals surface area contributed by atoms with Crippen molar-refractivity contribution in [1.29, 1.82) is 0 Å². The number of nitrogens with two attached hydrogens (primary N) is 1. The van der Waals surface area contributed by atoms with Crippen molar-refractivity contribution in [3.63, 3.8) is 0 Å². The molecule has 0 radical (unpaired) electrons. The minimum absolute atomic E-state index is 0. The average Bonchev–Trinajstić information content (AvgIpc) is 3.21. The van der Waals surface area contributed by atoms with Crippen LogP contribution in [0.2, 0.25) is 0 Å². The average molecular weight is 535 g/mol. The maximum Gasteiger partial charge on any atom is 0.224 e. The molecule has 0 aliphatic carbocycles. The molecule has 12 heteroatoms. The van der Waals surface area contributed by atoms with Gasteiger partial charge in [0, 0.05) is 69.3 Å². The van der Waals surface area contributed by atoms with Crippen LogP contribution in [-0.4, -0.2) is 75.6 Å². The van der Waals surface area contributed by atoms with E-state index in [1.54, 1.807) is 16.9 Å². The van der Waals surface area contributed by atoms with Crippen molar-refractivity contribution in [2.45, 2.75) is 19.8 Å². The van der Waals surface area contributed by atoms with Crippen molar-refractivity contribution in [3.8, 4) is 5.82 Å². The van der Waals surface area contributed by atoms with Gasteiger partial charge in [-0.2, -0.15) is 15.1 Å². The summed E-state index contributed by atoms with van der Waals surface area (Å²) < 4.78 is 28.8. The molecule has 1 aliphatic heterocycles. The smallest absolute Gasteiger partial charge is 0.224 e. The number of hydrogen-bond acceptors (Lipinski definition) is 8. The third-order valence-corrected chi connectivity index (χ3v) is 6.13. The molecule has 3 aromatic rings. The number of halogens is 3. The van der Waals surface area contributed by atoms with E-state index < -0.39 is 11.6 Å². The van der Waals surface area contributed by atoms with Gasteiger partial charge in [0.2, 0.25) is 5.95 Å². The number of hydrogen-bond donors (Lipinski definition) is 3. The minimum Gasteiger partial charge on any atom is -0.396 e. The Bertz CT molecular complexity index is 1180. The quantitative estimate of drug-likeness (QED) is 0.340. The fourth-order valence-electron chi connectivity index (χ4n) is 4.16. The zero-order valence-corrected chi connectivity index (χ0v) is 21.6. The molecular formula is C25H33ClF2N8O. The lowest BCUT2D eigenvalue weighted by molar-refractivity contribution is 0.284. The molecule has 0 amide bonds. The van der Waals surface area contributed by atoms with E-state index in [9.17, 15) is 8.78 Å². The Kier molecular flexibility index (Phi) is 10.2. The molecular weight excluding hydrogens is 502 g/mol. The van der Waals surface area contributed by atoms with Gasteiger partial charge in [0.05, 0.1) is 11.9 Å². The van der Waals surface area contributed by atoms with E-state index in [1.807, 2.05) is 17.9 Å². The van der Waals surface area contributed by atoms with E-state index in [-0.39, 0.29) is 25.0 Å². The van der Waals surface area contributed by atoms with Crippen LogP contribution in [0.1, 0.15) is 24.1 Å². The summed E-state index contributed by atoms with van der Waals surface area (Å²) in [5, 5.41) is 16.6. The normalized spacial score (nSPS) is 14.2. The molecule has 1 saturated heterocycles. The molecule has 0 spiro atoms. The van der Waals surface area contributed by atoms with E-state index in [0.717, 1.165) is 49.8 Å². The molecule has 1 fully saturated rings. The maximum absolute atomic E-state index is 13.5. The van der Waals surface area contributed by atoms with Crippen LogP contribution < -0.4 is 16.0 Å². The number of nitrogens with one attached hydrogen (secondary N) is 1. The molecule has 0 atom stereocenters. The first-order valence-corrected chi connectivity index (χ1v) is 12.1. The van der Waals surface area contributed by atoms with Crippen LogP contribution in [0.4, 0.5) is 26.2 Å². The second kappa shape index (κ2) is 13.3. The highest BCUT2D eigenvalue weighted by Gasteiger charge is 2.17. The third-order valence-electron chi connectivity index (χ3n) is 6.13.